The minimum absolute atomic E-state index is 0.276. The van der Waals surface area contributed by atoms with Gasteiger partial charge in [-0.15, -0.1) is 0 Å². The van der Waals surface area contributed by atoms with Crippen LogP contribution in [0.1, 0.15) is 35.9 Å². The second-order valence-electron chi connectivity index (χ2n) is 7.27. The van der Waals surface area contributed by atoms with Gasteiger partial charge in [-0.05, 0) is 38.5 Å². The third-order valence-corrected chi connectivity index (χ3v) is 5.23. The lowest BCUT2D eigenvalue weighted by molar-refractivity contribution is -0.125. The zero-order chi connectivity index (χ0) is 21.3. The van der Waals surface area contributed by atoms with E-state index in [2.05, 4.69) is 20.7 Å². The average molecular weight is 427 g/mol. The van der Waals surface area contributed by atoms with Crippen LogP contribution in [0.4, 0.5) is 5.82 Å². The number of aromatic nitrogens is 4. The van der Waals surface area contributed by atoms with Gasteiger partial charge in [-0.2, -0.15) is 10.2 Å². The van der Waals surface area contributed by atoms with Gasteiger partial charge in [-0.1, -0.05) is 28.9 Å². The van der Waals surface area contributed by atoms with E-state index in [9.17, 15) is 4.79 Å². The highest BCUT2D eigenvalue weighted by Gasteiger charge is 2.31. The summed E-state index contributed by atoms with van der Waals surface area (Å²) in [6.07, 6.45) is 1.63. The number of aryl methyl sites for hydroxylation is 3. The maximum Gasteiger partial charge on any atom is 0.269 e. The van der Waals surface area contributed by atoms with E-state index in [4.69, 9.17) is 16.4 Å². The number of amides is 1. The number of oxime groups is 1. The number of carbonyl (C=O) groups excluding carboxylic acids is 1. The number of carbonyl (C=O) groups is 1. The molecular weight excluding hydrogens is 404 g/mol. The molecule has 0 saturated carbocycles. The molecule has 1 unspecified atom stereocenters. The molecule has 0 spiro atoms. The third kappa shape index (κ3) is 4.23. The third-order valence-electron chi connectivity index (χ3n) is 5.00. The topological polar surface area (TPSA) is 86.3 Å². The van der Waals surface area contributed by atoms with Crippen molar-refractivity contribution in [1.82, 2.24) is 19.6 Å². The number of hydrogen-bond donors (Lipinski definition) is 1. The lowest BCUT2D eigenvalue weighted by Gasteiger charge is -2.07. The molecule has 8 nitrogen and oxygen atoms in total. The Morgan fingerprint density at radius 3 is 2.87 bits per heavy atom. The predicted octanol–water partition coefficient (Wildman–Crippen LogP) is 3.55. The molecule has 1 aliphatic heterocycles. The zero-order valence-electron chi connectivity index (χ0n) is 17.1. The molecule has 1 N–H and O–H groups in total. The molecule has 9 heteroatoms. The van der Waals surface area contributed by atoms with Crippen LogP contribution in [-0.2, 0) is 22.7 Å². The molecule has 0 radical (unpaired) electrons. The average Bonchev–Trinajstić information content (AvgIpc) is 3.41. The van der Waals surface area contributed by atoms with Crippen LogP contribution in [-0.4, -0.2) is 37.3 Å². The van der Waals surface area contributed by atoms with E-state index >= 15 is 0 Å². The van der Waals surface area contributed by atoms with Crippen molar-refractivity contribution in [2.75, 3.05) is 5.32 Å². The highest BCUT2D eigenvalue weighted by molar-refractivity contribution is 6.30. The molecule has 2 aromatic heterocycles. The standard InChI is InChI=1S/C21H23ClN6O2/c1-4-27-12-17(14(3)24-27)18-10-19(30-26-18)21(29)23-20-8-13(2)28(25-20)11-15-6-5-7-16(22)9-15/h5-9,12,19H,4,10-11H2,1-3H3,(H,23,25,29). The van der Waals surface area contributed by atoms with Crippen LogP contribution in [0.2, 0.25) is 5.02 Å². The number of benzene rings is 1. The van der Waals surface area contributed by atoms with Gasteiger partial charge in [-0.3, -0.25) is 14.2 Å². The van der Waals surface area contributed by atoms with E-state index in [-0.39, 0.29) is 5.91 Å². The summed E-state index contributed by atoms with van der Waals surface area (Å²) < 4.78 is 3.66. The van der Waals surface area contributed by atoms with Crippen molar-refractivity contribution >= 4 is 29.0 Å². The maximum absolute atomic E-state index is 12.7. The number of rotatable bonds is 6. The molecule has 0 aliphatic carbocycles. The largest absolute Gasteiger partial charge is 0.382 e. The van der Waals surface area contributed by atoms with Crippen LogP contribution >= 0.6 is 11.6 Å². The summed E-state index contributed by atoms with van der Waals surface area (Å²) in [4.78, 5) is 18.1. The van der Waals surface area contributed by atoms with Gasteiger partial charge in [-0.25, -0.2) is 0 Å². The summed E-state index contributed by atoms with van der Waals surface area (Å²) in [6.45, 7) is 7.22. The molecule has 0 saturated heterocycles. The summed E-state index contributed by atoms with van der Waals surface area (Å²) in [5, 5.41) is 16.5. The Balaban J connectivity index is 1.39. The van der Waals surface area contributed by atoms with Crippen LogP contribution in [0, 0.1) is 13.8 Å². The monoisotopic (exact) mass is 426 g/mol. The van der Waals surface area contributed by atoms with Crippen LogP contribution in [0.15, 0.2) is 41.7 Å². The Bertz CT molecular complexity index is 1120. The highest BCUT2D eigenvalue weighted by atomic mass is 35.5. The molecule has 156 valence electrons. The normalized spacial score (nSPS) is 15.7. The molecule has 4 rings (SSSR count). The second kappa shape index (κ2) is 8.31. The summed E-state index contributed by atoms with van der Waals surface area (Å²) in [5.41, 5.74) is 4.48. The predicted molar refractivity (Wildman–Crippen MR) is 115 cm³/mol. The smallest absolute Gasteiger partial charge is 0.269 e. The summed E-state index contributed by atoms with van der Waals surface area (Å²) >= 11 is 6.06. The molecule has 3 aromatic rings. The highest BCUT2D eigenvalue weighted by Crippen LogP contribution is 2.21. The van der Waals surface area contributed by atoms with Crippen molar-refractivity contribution in [2.24, 2.45) is 5.16 Å². The van der Waals surface area contributed by atoms with Gasteiger partial charge in [0.25, 0.3) is 5.91 Å². The van der Waals surface area contributed by atoms with Gasteiger partial charge in [0.1, 0.15) is 0 Å². The van der Waals surface area contributed by atoms with Gasteiger partial charge >= 0.3 is 0 Å². The molecule has 1 aromatic carbocycles. The Labute approximate surface area is 179 Å². The van der Waals surface area contributed by atoms with Crippen LogP contribution in [0.25, 0.3) is 0 Å². The first-order chi connectivity index (χ1) is 14.4. The molecule has 1 atom stereocenters. The van der Waals surface area contributed by atoms with E-state index in [0.29, 0.717) is 23.8 Å². The van der Waals surface area contributed by atoms with E-state index in [1.807, 2.05) is 66.7 Å². The van der Waals surface area contributed by atoms with Crippen molar-refractivity contribution in [2.45, 2.75) is 46.4 Å². The number of nitrogens with one attached hydrogen (secondary N) is 1. The van der Waals surface area contributed by atoms with Gasteiger partial charge in [0, 0.05) is 41.5 Å². The zero-order valence-corrected chi connectivity index (χ0v) is 17.8. The first-order valence-electron chi connectivity index (χ1n) is 9.79. The fourth-order valence-electron chi connectivity index (χ4n) is 3.39. The molecular formula is C21H23ClN6O2. The minimum atomic E-state index is -0.692. The van der Waals surface area contributed by atoms with Gasteiger partial charge in [0.15, 0.2) is 5.82 Å². The summed E-state index contributed by atoms with van der Waals surface area (Å²) in [5.74, 6) is 0.202. The van der Waals surface area contributed by atoms with Crippen molar-refractivity contribution in [3.8, 4) is 0 Å². The minimum Gasteiger partial charge on any atom is -0.382 e. The van der Waals surface area contributed by atoms with Crippen LogP contribution < -0.4 is 5.32 Å². The van der Waals surface area contributed by atoms with Crippen molar-refractivity contribution in [1.29, 1.82) is 0 Å². The maximum atomic E-state index is 12.7. The van der Waals surface area contributed by atoms with E-state index in [1.54, 1.807) is 0 Å². The molecule has 3 heterocycles. The Morgan fingerprint density at radius 1 is 1.30 bits per heavy atom. The van der Waals surface area contributed by atoms with Crippen molar-refractivity contribution in [3.63, 3.8) is 0 Å². The SMILES string of the molecule is CCn1cc(C2=NOC(C(=O)Nc3cc(C)n(Cc4cccc(Cl)c4)n3)C2)c(C)n1. The molecule has 0 fully saturated rings. The number of anilines is 1. The number of halogens is 1. The van der Waals surface area contributed by atoms with Crippen LogP contribution in [0.5, 0.6) is 0 Å². The first-order valence-corrected chi connectivity index (χ1v) is 10.2. The lowest BCUT2D eigenvalue weighted by atomic mass is 10.1. The lowest BCUT2D eigenvalue weighted by Crippen LogP contribution is -2.28. The quantitative estimate of drug-likeness (QED) is 0.653. The van der Waals surface area contributed by atoms with Gasteiger partial charge in [0.05, 0.1) is 18.0 Å². The Morgan fingerprint density at radius 2 is 2.13 bits per heavy atom. The molecule has 1 aliphatic rings. The molecule has 30 heavy (non-hydrogen) atoms. The van der Waals surface area contributed by atoms with E-state index in [0.717, 1.165) is 34.8 Å². The van der Waals surface area contributed by atoms with Crippen molar-refractivity contribution in [3.05, 3.63) is 64.1 Å². The number of nitrogens with zero attached hydrogens (tertiary/aromatic N) is 5. The number of hydrogen-bond acceptors (Lipinski definition) is 5. The summed E-state index contributed by atoms with van der Waals surface area (Å²) in [6, 6.07) is 9.45. The van der Waals surface area contributed by atoms with Crippen molar-refractivity contribution < 1.29 is 9.63 Å². The van der Waals surface area contributed by atoms with Gasteiger partial charge in [0.2, 0.25) is 6.10 Å². The van der Waals surface area contributed by atoms with Gasteiger partial charge < -0.3 is 10.2 Å². The Kier molecular flexibility index (Phi) is 5.59. The summed E-state index contributed by atoms with van der Waals surface area (Å²) in [7, 11) is 0. The fraction of sp³-hybridized carbons (Fsp3) is 0.333. The molecule has 1 amide bonds. The van der Waals surface area contributed by atoms with E-state index in [1.165, 1.54) is 0 Å². The van der Waals surface area contributed by atoms with Crippen LogP contribution in [0.3, 0.4) is 0 Å². The molecule has 0 bridgehead atoms. The van der Waals surface area contributed by atoms with E-state index < -0.39 is 6.10 Å². The Hall–Kier alpha value is -3.13. The fourth-order valence-corrected chi connectivity index (χ4v) is 3.60. The first kappa shape index (κ1) is 20.2. The second-order valence-corrected chi connectivity index (χ2v) is 7.70.